The van der Waals surface area contributed by atoms with Crippen LogP contribution >= 0.6 is 23.2 Å². The van der Waals surface area contributed by atoms with Gasteiger partial charge in [-0.15, -0.1) is 0 Å². The maximum absolute atomic E-state index is 5.97. The number of hydrogen-bond donors (Lipinski definition) is 0. The van der Waals surface area contributed by atoms with Crippen LogP contribution in [0.25, 0.3) is 11.4 Å². The van der Waals surface area contributed by atoms with Crippen molar-refractivity contribution in [2.24, 2.45) is 0 Å². The van der Waals surface area contributed by atoms with Crippen LogP contribution in [0.3, 0.4) is 0 Å². The second-order valence-electron chi connectivity index (χ2n) is 2.67. The summed E-state index contributed by atoms with van der Waals surface area (Å²) in [6, 6.07) is 7.05. The molecule has 2 rings (SSSR count). The van der Waals surface area contributed by atoms with Crippen LogP contribution < -0.4 is 0 Å². The van der Waals surface area contributed by atoms with Crippen LogP contribution in [-0.4, -0.2) is 9.97 Å². The van der Waals surface area contributed by atoms with Gasteiger partial charge >= 0.3 is 20.4 Å². The summed E-state index contributed by atoms with van der Waals surface area (Å²) in [7, 11) is 0. The second kappa shape index (κ2) is 5.58. The zero-order valence-corrected chi connectivity index (χ0v) is 10.5. The molecule has 2 heterocycles. The Morgan fingerprint density at radius 3 is 1.53 bits per heavy atom. The van der Waals surface area contributed by atoms with E-state index in [2.05, 4.69) is 9.97 Å². The van der Waals surface area contributed by atoms with Gasteiger partial charge in [0.1, 0.15) is 11.4 Å². The van der Waals surface area contributed by atoms with Gasteiger partial charge in [-0.25, -0.2) is 0 Å². The minimum atomic E-state index is 0. The molecule has 0 aromatic carbocycles. The van der Waals surface area contributed by atoms with Gasteiger partial charge in [-0.05, 0) is 24.3 Å². The first-order chi connectivity index (χ1) is 6.79. The molecular weight excluding hydrogens is 325 g/mol. The van der Waals surface area contributed by atoms with Crippen LogP contribution in [0.2, 0.25) is 10.0 Å². The van der Waals surface area contributed by atoms with Crippen molar-refractivity contribution in [3.8, 4) is 11.4 Å². The van der Waals surface area contributed by atoms with Crippen molar-refractivity contribution in [2.45, 2.75) is 0 Å². The van der Waals surface area contributed by atoms with E-state index in [1.807, 2.05) is 0 Å². The van der Waals surface area contributed by atoms with Crippen molar-refractivity contribution in [1.29, 1.82) is 0 Å². The van der Waals surface area contributed by atoms with Gasteiger partial charge in [-0.2, -0.15) is 0 Å². The van der Waals surface area contributed by atoms with Crippen LogP contribution in [-0.2, 0) is 20.4 Å². The zero-order valence-electron chi connectivity index (χ0n) is 7.43. The van der Waals surface area contributed by atoms with E-state index in [4.69, 9.17) is 23.2 Å². The van der Waals surface area contributed by atoms with Crippen LogP contribution in [0.4, 0.5) is 0 Å². The Labute approximate surface area is 111 Å². The van der Waals surface area contributed by atoms with Crippen LogP contribution in [0.15, 0.2) is 36.7 Å². The minimum Gasteiger partial charge on any atom is -0.253 e. The number of aromatic nitrogens is 2. The fourth-order valence-electron chi connectivity index (χ4n) is 1.12. The van der Waals surface area contributed by atoms with Gasteiger partial charge < -0.3 is 0 Å². The summed E-state index contributed by atoms with van der Waals surface area (Å²) in [4.78, 5) is 8.26. The quantitative estimate of drug-likeness (QED) is 0.748. The third kappa shape index (κ3) is 2.77. The monoisotopic (exact) mass is 330 g/mol. The topological polar surface area (TPSA) is 25.8 Å². The fourth-order valence-corrected chi connectivity index (χ4v) is 1.54. The van der Waals surface area contributed by atoms with E-state index in [0.717, 1.165) is 0 Å². The molecule has 0 bridgehead atoms. The number of rotatable bonds is 1. The fraction of sp³-hybridized carbons (Fsp3) is 0. The summed E-state index contributed by atoms with van der Waals surface area (Å²) >= 11 is 11.9. The second-order valence-corrected chi connectivity index (χ2v) is 3.48. The van der Waals surface area contributed by atoms with Crippen LogP contribution in [0, 0.1) is 0 Å². The van der Waals surface area contributed by atoms with Gasteiger partial charge in [0.15, 0.2) is 0 Å². The molecule has 0 fully saturated rings. The summed E-state index contributed by atoms with van der Waals surface area (Å²) in [6.45, 7) is 0. The number of pyridine rings is 2. The normalized spacial score (nSPS) is 9.47. The Balaban J connectivity index is 0.00000112. The van der Waals surface area contributed by atoms with E-state index in [-0.39, 0.29) is 20.4 Å². The standard InChI is InChI=1S/C10H6Cl2N2.Pd/c11-7-3-1-5-13-9(7)10-8(12)4-2-6-14-10;/h1-6H;/q;+2. The first-order valence-electron chi connectivity index (χ1n) is 4.00. The Kier molecular flexibility index (Phi) is 4.69. The van der Waals surface area contributed by atoms with Gasteiger partial charge in [0.25, 0.3) is 0 Å². The molecule has 78 valence electrons. The van der Waals surface area contributed by atoms with E-state index in [1.165, 1.54) is 0 Å². The van der Waals surface area contributed by atoms with Crippen molar-refractivity contribution in [1.82, 2.24) is 9.97 Å². The smallest absolute Gasteiger partial charge is 0.253 e. The predicted molar refractivity (Wildman–Crippen MR) is 57.5 cm³/mol. The molecule has 0 saturated heterocycles. The molecule has 0 aliphatic heterocycles. The Bertz CT molecular complexity index is 419. The van der Waals surface area contributed by atoms with Crippen molar-refractivity contribution in [3.63, 3.8) is 0 Å². The summed E-state index contributed by atoms with van der Waals surface area (Å²) in [6.07, 6.45) is 3.32. The molecule has 0 atom stereocenters. The third-order valence-corrected chi connectivity index (χ3v) is 2.35. The van der Waals surface area contributed by atoms with Gasteiger partial charge in [0.05, 0.1) is 10.0 Å². The number of nitrogens with zero attached hydrogens (tertiary/aromatic N) is 2. The van der Waals surface area contributed by atoms with Crippen molar-refractivity contribution < 1.29 is 20.4 Å². The molecule has 2 nitrogen and oxygen atoms in total. The van der Waals surface area contributed by atoms with Gasteiger partial charge in [-0.3, -0.25) is 9.97 Å². The molecule has 0 aliphatic carbocycles. The van der Waals surface area contributed by atoms with E-state index >= 15 is 0 Å². The minimum absolute atomic E-state index is 0. The number of halogens is 2. The van der Waals surface area contributed by atoms with Crippen molar-refractivity contribution in [2.75, 3.05) is 0 Å². The van der Waals surface area contributed by atoms with Crippen LogP contribution in [0.1, 0.15) is 0 Å². The summed E-state index contributed by atoms with van der Waals surface area (Å²) in [5.74, 6) is 0. The Morgan fingerprint density at radius 1 is 0.800 bits per heavy atom. The molecule has 2 aromatic heterocycles. The molecule has 0 radical (unpaired) electrons. The Morgan fingerprint density at radius 2 is 1.20 bits per heavy atom. The molecule has 0 aliphatic rings. The molecule has 0 N–H and O–H groups in total. The molecule has 15 heavy (non-hydrogen) atoms. The zero-order chi connectivity index (χ0) is 9.97. The van der Waals surface area contributed by atoms with Crippen molar-refractivity contribution >= 4 is 23.2 Å². The molecule has 0 amide bonds. The van der Waals surface area contributed by atoms with E-state index in [0.29, 0.717) is 21.4 Å². The molecule has 2 aromatic rings. The Hall–Kier alpha value is -0.458. The van der Waals surface area contributed by atoms with Gasteiger partial charge in [-0.1, -0.05) is 23.2 Å². The van der Waals surface area contributed by atoms with E-state index in [9.17, 15) is 0 Å². The first kappa shape index (κ1) is 12.6. The molecular formula is C10H6Cl2N2Pd+2. The first-order valence-corrected chi connectivity index (χ1v) is 4.76. The summed E-state index contributed by atoms with van der Waals surface area (Å²) in [5.41, 5.74) is 1.22. The molecule has 0 unspecified atom stereocenters. The van der Waals surface area contributed by atoms with E-state index in [1.54, 1.807) is 36.7 Å². The summed E-state index contributed by atoms with van der Waals surface area (Å²) < 4.78 is 0. The average molecular weight is 331 g/mol. The third-order valence-electron chi connectivity index (χ3n) is 1.74. The van der Waals surface area contributed by atoms with Crippen LogP contribution in [0.5, 0.6) is 0 Å². The predicted octanol–water partition coefficient (Wildman–Crippen LogP) is 3.45. The SMILES string of the molecule is Clc1cccnc1-c1ncccc1Cl.[Pd+2]. The molecule has 0 saturated carbocycles. The largest absolute Gasteiger partial charge is 2.00 e. The summed E-state index contributed by atoms with van der Waals surface area (Å²) in [5, 5.41) is 1.10. The number of hydrogen-bond acceptors (Lipinski definition) is 2. The maximum Gasteiger partial charge on any atom is 2.00 e. The molecule has 5 heteroatoms. The van der Waals surface area contributed by atoms with E-state index < -0.39 is 0 Å². The molecule has 0 spiro atoms. The van der Waals surface area contributed by atoms with Gasteiger partial charge in [0.2, 0.25) is 0 Å². The van der Waals surface area contributed by atoms with Crippen molar-refractivity contribution in [3.05, 3.63) is 46.7 Å². The maximum atomic E-state index is 5.97. The average Bonchev–Trinajstić information content (AvgIpc) is 2.20. The van der Waals surface area contributed by atoms with Gasteiger partial charge in [0, 0.05) is 12.4 Å².